The van der Waals surface area contributed by atoms with E-state index in [4.69, 9.17) is 28.7 Å². The molecule has 0 spiro atoms. The van der Waals surface area contributed by atoms with Crippen LogP contribution in [0.15, 0.2) is 0 Å². The van der Waals surface area contributed by atoms with Gasteiger partial charge in [0.1, 0.15) is 0 Å². The molecule has 0 amide bonds. The second kappa shape index (κ2) is 7.15. The van der Waals surface area contributed by atoms with Gasteiger partial charge in [0.05, 0.1) is 0 Å². The summed E-state index contributed by atoms with van der Waals surface area (Å²) >= 11 is -5.62. The van der Waals surface area contributed by atoms with Gasteiger partial charge in [0.25, 0.3) is 0 Å². The number of rotatable bonds is 0. The maximum absolute atomic E-state index is 8.95. The standard InChI is InChI=1S/ClHO3S.K.Mn.4O/c1-5(2,3)4;;;;;;/h(H,2,3,4);;;;;;/q;+1;;;;;-1. The van der Waals surface area contributed by atoms with Gasteiger partial charge in [-0.25, -0.2) is 0 Å². The third-order valence-corrected chi connectivity index (χ3v) is 0. The van der Waals surface area contributed by atoms with Crippen LogP contribution in [0.1, 0.15) is 0 Å². The molecule has 0 aromatic carbocycles. The first-order chi connectivity index (χ1) is 4.00. The van der Waals surface area contributed by atoms with Crippen LogP contribution >= 0.6 is 10.7 Å². The average Bonchev–Trinajstić information content (AvgIpc) is 1.12. The Labute approximate surface area is 111 Å². The second-order valence-electron chi connectivity index (χ2n) is 0.790. The minimum absolute atomic E-state index is 0. The van der Waals surface area contributed by atoms with Crippen molar-refractivity contribution in [2.24, 2.45) is 0 Å². The molecule has 7 nitrogen and oxygen atoms in total. The number of halogens is 1. The van der Waals surface area contributed by atoms with E-state index in [0.717, 1.165) is 0 Å². The van der Waals surface area contributed by atoms with Gasteiger partial charge in [-0.3, -0.25) is 4.55 Å². The molecule has 64 valence electrons. The van der Waals surface area contributed by atoms with E-state index in [1.807, 2.05) is 0 Å². The molecule has 0 aliphatic carbocycles. The first-order valence-corrected chi connectivity index (χ1v) is 5.48. The summed E-state index contributed by atoms with van der Waals surface area (Å²) in [5.41, 5.74) is 0. The zero-order chi connectivity index (χ0) is 9.00. The maximum atomic E-state index is 8.95. The molecule has 0 aromatic rings. The predicted octanol–water partition coefficient (Wildman–Crippen LogP) is -4.52. The Bertz CT molecular complexity index is 293. The van der Waals surface area contributed by atoms with Crippen LogP contribution < -0.4 is 55.6 Å². The molecular formula is HClKMnO7S. The summed E-state index contributed by atoms with van der Waals surface area (Å²) in [5, 5.41) is 0. The van der Waals surface area contributed by atoms with Crippen LogP contribution in [0.3, 0.4) is 0 Å². The van der Waals surface area contributed by atoms with Crippen LogP contribution in [0.25, 0.3) is 0 Å². The van der Waals surface area contributed by atoms with Crippen molar-refractivity contribution in [1.29, 1.82) is 0 Å². The molecule has 0 rings (SSSR count). The van der Waals surface area contributed by atoms with Crippen molar-refractivity contribution in [2.45, 2.75) is 0 Å². The predicted molar refractivity (Wildman–Crippen MR) is 19.5 cm³/mol. The van der Waals surface area contributed by atoms with Gasteiger partial charge in [0, 0.05) is 10.7 Å². The van der Waals surface area contributed by atoms with Gasteiger partial charge < -0.3 is 0 Å². The van der Waals surface area contributed by atoms with Gasteiger partial charge >= 0.3 is 89.4 Å². The molecule has 0 aliphatic heterocycles. The Morgan fingerprint density at radius 1 is 1.27 bits per heavy atom. The van der Waals surface area contributed by atoms with Crippen LogP contribution in [-0.2, 0) is 33.8 Å². The molecule has 0 unspecified atom stereocenters. The quantitative estimate of drug-likeness (QED) is 0.268. The summed E-state index contributed by atoms with van der Waals surface area (Å²) in [5.74, 6) is 0. The monoisotopic (exact) mass is 274 g/mol. The van der Waals surface area contributed by atoms with E-state index in [0.29, 0.717) is 0 Å². The topological polar surface area (TPSA) is 129 Å². The molecule has 0 saturated heterocycles. The number of hydrogen-bond acceptors (Lipinski definition) is 6. The first kappa shape index (κ1) is 18.5. The van der Waals surface area contributed by atoms with Crippen LogP contribution in [0, 0.1) is 0 Å². The number of hydrogen-bond donors (Lipinski definition) is 1. The average molecular weight is 275 g/mol. The van der Waals surface area contributed by atoms with Gasteiger partial charge in [0.2, 0.25) is 0 Å². The van der Waals surface area contributed by atoms with E-state index in [9.17, 15) is 0 Å². The molecule has 0 saturated carbocycles. The fourth-order valence-electron chi connectivity index (χ4n) is 0. The van der Waals surface area contributed by atoms with Gasteiger partial charge in [-0.15, -0.1) is 0 Å². The molecule has 0 bridgehead atoms. The van der Waals surface area contributed by atoms with Crippen LogP contribution in [0.4, 0.5) is 0 Å². The summed E-state index contributed by atoms with van der Waals surface area (Å²) in [6, 6.07) is 0. The van der Waals surface area contributed by atoms with E-state index in [2.05, 4.69) is 10.7 Å². The summed E-state index contributed by atoms with van der Waals surface area (Å²) in [4.78, 5) is 0. The Morgan fingerprint density at radius 3 is 1.27 bits per heavy atom. The van der Waals surface area contributed by atoms with Crippen molar-refractivity contribution in [3.05, 3.63) is 0 Å². The molecule has 11 heteroatoms. The van der Waals surface area contributed by atoms with Crippen LogP contribution in [-0.4, -0.2) is 13.0 Å². The molecule has 1 N–H and O–H groups in total. The van der Waals surface area contributed by atoms with Crippen molar-refractivity contribution < 1.29 is 93.0 Å². The van der Waals surface area contributed by atoms with E-state index in [1.54, 1.807) is 0 Å². The Kier molecular flexibility index (Phi) is 12.0. The summed E-state index contributed by atoms with van der Waals surface area (Å²) in [7, 11) is -0.137. The Hall–Kier alpha value is 1.72. The van der Waals surface area contributed by atoms with E-state index < -0.39 is 22.3 Å². The molecule has 0 aliphatic rings. The van der Waals surface area contributed by atoms with E-state index in [1.165, 1.54) is 0 Å². The molecule has 0 fully saturated rings. The van der Waals surface area contributed by atoms with Crippen LogP contribution in [0.2, 0.25) is 0 Å². The zero-order valence-corrected chi connectivity index (χ0v) is 10.9. The minimum atomic E-state index is -5.62. The normalized spacial score (nSPS) is 10.5. The fraction of sp³-hybridized carbons (Fsp3) is 0. The van der Waals surface area contributed by atoms with Gasteiger partial charge in [-0.05, 0) is 0 Å². The zero-order valence-electron chi connectivity index (χ0n) is 5.06. The summed E-state index contributed by atoms with van der Waals surface area (Å²) in [6.45, 7) is 0. The van der Waals surface area contributed by atoms with Crippen molar-refractivity contribution in [1.82, 2.24) is 0 Å². The van der Waals surface area contributed by atoms with Crippen molar-refractivity contribution >= 4 is 20.0 Å². The molecule has 0 heterocycles. The fourth-order valence-corrected chi connectivity index (χ4v) is 0. The third-order valence-electron chi connectivity index (χ3n) is 0. The van der Waals surface area contributed by atoms with E-state index >= 15 is 0 Å². The molecular weight excluding hydrogens is 274 g/mol. The molecule has 11 heavy (non-hydrogen) atoms. The molecule has 0 atom stereocenters. The van der Waals surface area contributed by atoms with Gasteiger partial charge in [-0.1, -0.05) is 0 Å². The van der Waals surface area contributed by atoms with E-state index in [-0.39, 0.29) is 51.4 Å². The summed E-state index contributed by atoms with van der Waals surface area (Å²) < 4.78 is 59.5. The van der Waals surface area contributed by atoms with Gasteiger partial charge in [-0.2, -0.15) is 8.42 Å². The second-order valence-corrected chi connectivity index (χ2v) is 3.96. The third kappa shape index (κ3) is 376. The van der Waals surface area contributed by atoms with Crippen LogP contribution in [0.5, 0.6) is 0 Å². The van der Waals surface area contributed by atoms with Crippen molar-refractivity contribution in [3.63, 3.8) is 0 Å². The van der Waals surface area contributed by atoms with Gasteiger partial charge in [0.15, 0.2) is 0 Å². The SMILES string of the molecule is O=S(=O)(O)Cl.[K+].[O]=[Mn](=[O])(=[O])[O-]. The summed E-state index contributed by atoms with van der Waals surface area (Å²) in [6.07, 6.45) is 0. The Morgan fingerprint density at radius 2 is 1.27 bits per heavy atom. The Balaban J connectivity index is -0.000000107. The van der Waals surface area contributed by atoms with Crippen molar-refractivity contribution in [2.75, 3.05) is 0 Å². The molecule has 0 aromatic heterocycles. The van der Waals surface area contributed by atoms with Crippen molar-refractivity contribution in [3.8, 4) is 0 Å². The first-order valence-electron chi connectivity index (χ1n) is 1.29. The molecule has 0 radical (unpaired) electrons.